The van der Waals surface area contributed by atoms with Gasteiger partial charge in [-0.3, -0.25) is 4.99 Å². The van der Waals surface area contributed by atoms with Gasteiger partial charge in [-0.15, -0.1) is 24.0 Å². The molecular weight excluding hydrogens is 455 g/mol. The summed E-state index contributed by atoms with van der Waals surface area (Å²) < 4.78 is 30.2. The van der Waals surface area contributed by atoms with E-state index in [0.29, 0.717) is 25.0 Å². The Hall–Kier alpha value is -0.130. The first-order valence-electron chi connectivity index (χ1n) is 8.63. The molecule has 0 aromatic rings. The van der Waals surface area contributed by atoms with E-state index in [1.54, 1.807) is 18.5 Å². The first-order chi connectivity index (χ1) is 11.2. The smallest absolute Gasteiger partial charge is 0.211 e. The molecule has 1 saturated heterocycles. The lowest BCUT2D eigenvalue weighted by atomic mass is 9.64. The highest BCUT2D eigenvalue weighted by atomic mass is 127. The third-order valence-electron chi connectivity index (χ3n) is 5.60. The van der Waals surface area contributed by atoms with Crippen LogP contribution in [0.3, 0.4) is 0 Å². The monoisotopic (exact) mass is 488 g/mol. The fourth-order valence-corrected chi connectivity index (χ4v) is 4.45. The zero-order valence-electron chi connectivity index (χ0n) is 15.9. The van der Waals surface area contributed by atoms with Gasteiger partial charge in [0.2, 0.25) is 10.0 Å². The van der Waals surface area contributed by atoms with E-state index in [4.69, 9.17) is 4.74 Å². The number of nitrogens with zero attached hydrogens (tertiary/aromatic N) is 2. The molecule has 2 N–H and O–H groups in total. The van der Waals surface area contributed by atoms with Crippen LogP contribution in [-0.2, 0) is 14.8 Å². The molecular formula is C16H33IN4O3S. The van der Waals surface area contributed by atoms with Crippen molar-refractivity contribution in [2.75, 3.05) is 40.0 Å². The molecule has 2 aliphatic rings. The maximum absolute atomic E-state index is 11.5. The zero-order valence-corrected chi connectivity index (χ0v) is 19.1. The number of aliphatic imine (C=N–C) groups is 1. The van der Waals surface area contributed by atoms with Crippen molar-refractivity contribution in [2.24, 2.45) is 16.3 Å². The number of ether oxygens (including phenoxy) is 1. The molecule has 1 heterocycles. The molecule has 0 bridgehead atoms. The zero-order chi connectivity index (χ0) is 18.0. The predicted octanol–water partition coefficient (Wildman–Crippen LogP) is 1.25. The Morgan fingerprint density at radius 1 is 1.32 bits per heavy atom. The SMILES string of the molecule is CN=C(NCC1CCN(S(C)(=O)=O)CC1)NC1CC(OC)C1(C)C.I. The lowest BCUT2D eigenvalue weighted by molar-refractivity contribution is -0.0922. The van der Waals surface area contributed by atoms with Crippen LogP contribution in [0.4, 0.5) is 0 Å². The minimum absolute atomic E-state index is 0. The largest absolute Gasteiger partial charge is 0.381 e. The lowest BCUT2D eigenvalue weighted by Gasteiger charge is -2.51. The van der Waals surface area contributed by atoms with Crippen LogP contribution in [0.1, 0.15) is 33.1 Å². The Morgan fingerprint density at radius 2 is 1.92 bits per heavy atom. The fourth-order valence-electron chi connectivity index (χ4n) is 3.58. The van der Waals surface area contributed by atoms with Crippen LogP contribution in [0.15, 0.2) is 4.99 Å². The molecule has 0 radical (unpaired) electrons. The Balaban J connectivity index is 0.00000312. The number of hydrogen-bond donors (Lipinski definition) is 2. The topological polar surface area (TPSA) is 83.0 Å². The van der Waals surface area contributed by atoms with Gasteiger partial charge in [0.15, 0.2) is 5.96 Å². The molecule has 0 aromatic heterocycles. The summed E-state index contributed by atoms with van der Waals surface area (Å²) in [5.41, 5.74) is 0.0905. The van der Waals surface area contributed by atoms with Crippen molar-refractivity contribution < 1.29 is 13.2 Å². The summed E-state index contributed by atoms with van der Waals surface area (Å²) in [6, 6.07) is 0.348. The molecule has 0 aromatic carbocycles. The van der Waals surface area contributed by atoms with E-state index in [9.17, 15) is 8.42 Å². The Bertz CT molecular complexity index is 560. The van der Waals surface area contributed by atoms with Crippen LogP contribution >= 0.6 is 24.0 Å². The number of guanidine groups is 1. The van der Waals surface area contributed by atoms with Gasteiger partial charge in [-0.05, 0) is 25.2 Å². The van der Waals surface area contributed by atoms with Gasteiger partial charge in [-0.2, -0.15) is 0 Å². The van der Waals surface area contributed by atoms with Crippen molar-refractivity contribution in [3.8, 4) is 0 Å². The second kappa shape index (κ2) is 9.18. The molecule has 9 heteroatoms. The van der Waals surface area contributed by atoms with Crippen molar-refractivity contribution in [2.45, 2.75) is 45.3 Å². The van der Waals surface area contributed by atoms with E-state index in [0.717, 1.165) is 31.8 Å². The molecule has 2 unspecified atom stereocenters. The van der Waals surface area contributed by atoms with Crippen LogP contribution < -0.4 is 10.6 Å². The van der Waals surface area contributed by atoms with E-state index in [1.807, 2.05) is 0 Å². The number of halogens is 1. The minimum atomic E-state index is -3.05. The van der Waals surface area contributed by atoms with Crippen molar-refractivity contribution in [1.82, 2.24) is 14.9 Å². The first kappa shape index (κ1) is 22.9. The standard InChI is InChI=1S/C16H32N4O3S.HI/c1-16(2)13(10-14(16)23-4)19-15(17-3)18-11-12-6-8-20(9-7-12)24(5,21)22;/h12-14H,6-11H2,1-5H3,(H2,17,18,19);1H. The van der Waals surface area contributed by atoms with Crippen LogP contribution in [0.5, 0.6) is 0 Å². The van der Waals surface area contributed by atoms with Gasteiger partial charge in [0.1, 0.15) is 0 Å². The molecule has 2 rings (SSSR count). The fraction of sp³-hybridized carbons (Fsp3) is 0.938. The van der Waals surface area contributed by atoms with E-state index in [2.05, 4.69) is 29.5 Å². The van der Waals surface area contributed by atoms with Crippen molar-refractivity contribution in [1.29, 1.82) is 0 Å². The summed E-state index contributed by atoms with van der Waals surface area (Å²) in [5.74, 6) is 1.29. The summed E-state index contributed by atoms with van der Waals surface area (Å²) in [6.07, 6.45) is 4.32. The highest BCUT2D eigenvalue weighted by Gasteiger charge is 2.48. The van der Waals surface area contributed by atoms with Crippen LogP contribution in [0.25, 0.3) is 0 Å². The molecule has 1 aliphatic heterocycles. The number of nitrogens with one attached hydrogen (secondary N) is 2. The van der Waals surface area contributed by atoms with Gasteiger partial charge >= 0.3 is 0 Å². The second-order valence-electron chi connectivity index (χ2n) is 7.54. The number of hydrogen-bond acceptors (Lipinski definition) is 4. The van der Waals surface area contributed by atoms with Crippen LogP contribution in [0.2, 0.25) is 0 Å². The molecule has 1 saturated carbocycles. The molecule has 2 atom stereocenters. The third kappa shape index (κ3) is 5.67. The predicted molar refractivity (Wildman–Crippen MR) is 112 cm³/mol. The maximum atomic E-state index is 11.5. The summed E-state index contributed by atoms with van der Waals surface area (Å²) in [7, 11) is 0.489. The van der Waals surface area contributed by atoms with Crippen molar-refractivity contribution in [3.63, 3.8) is 0 Å². The molecule has 148 valence electrons. The van der Waals surface area contributed by atoms with Gasteiger partial charge in [0.25, 0.3) is 0 Å². The third-order valence-corrected chi connectivity index (χ3v) is 6.90. The number of methoxy groups -OCH3 is 1. The van der Waals surface area contributed by atoms with Gasteiger partial charge < -0.3 is 15.4 Å². The van der Waals surface area contributed by atoms with E-state index < -0.39 is 10.0 Å². The van der Waals surface area contributed by atoms with Crippen LogP contribution in [-0.4, -0.2) is 70.9 Å². The van der Waals surface area contributed by atoms with E-state index in [-0.39, 0.29) is 35.5 Å². The Labute approximate surface area is 169 Å². The van der Waals surface area contributed by atoms with Gasteiger partial charge in [-0.25, -0.2) is 12.7 Å². The minimum Gasteiger partial charge on any atom is -0.381 e. The normalized spacial score (nSPS) is 28.0. The number of piperidine rings is 1. The maximum Gasteiger partial charge on any atom is 0.211 e. The average Bonchev–Trinajstić information content (AvgIpc) is 2.53. The molecule has 7 nitrogen and oxygen atoms in total. The van der Waals surface area contributed by atoms with Crippen molar-refractivity contribution >= 4 is 40.0 Å². The van der Waals surface area contributed by atoms with Gasteiger partial charge in [-0.1, -0.05) is 13.8 Å². The molecule has 25 heavy (non-hydrogen) atoms. The number of sulfonamides is 1. The highest BCUT2D eigenvalue weighted by Crippen LogP contribution is 2.42. The first-order valence-corrected chi connectivity index (χ1v) is 10.5. The lowest BCUT2D eigenvalue weighted by Crippen LogP contribution is -2.63. The summed E-state index contributed by atoms with van der Waals surface area (Å²) in [5, 5.41) is 6.88. The number of rotatable bonds is 5. The van der Waals surface area contributed by atoms with E-state index >= 15 is 0 Å². The van der Waals surface area contributed by atoms with E-state index in [1.165, 1.54) is 6.26 Å². The van der Waals surface area contributed by atoms with Crippen LogP contribution in [0, 0.1) is 11.3 Å². The summed E-state index contributed by atoms with van der Waals surface area (Å²) >= 11 is 0. The van der Waals surface area contributed by atoms with Gasteiger partial charge in [0, 0.05) is 45.2 Å². The second-order valence-corrected chi connectivity index (χ2v) is 9.52. The van der Waals surface area contributed by atoms with Crippen molar-refractivity contribution in [3.05, 3.63) is 0 Å². The highest BCUT2D eigenvalue weighted by molar-refractivity contribution is 14.0. The molecule has 0 spiro atoms. The van der Waals surface area contributed by atoms with Gasteiger partial charge in [0.05, 0.1) is 12.4 Å². The Morgan fingerprint density at radius 3 is 2.36 bits per heavy atom. The molecule has 1 aliphatic carbocycles. The summed E-state index contributed by atoms with van der Waals surface area (Å²) in [6.45, 7) is 6.45. The Kier molecular flexibility index (Phi) is 8.42. The summed E-state index contributed by atoms with van der Waals surface area (Å²) in [4.78, 5) is 4.31. The molecule has 2 fully saturated rings. The quantitative estimate of drug-likeness (QED) is 0.346. The average molecular weight is 488 g/mol. The molecule has 0 amide bonds.